The summed E-state index contributed by atoms with van der Waals surface area (Å²) in [5, 5.41) is 27.7. The van der Waals surface area contributed by atoms with Crippen LogP contribution in [0.2, 0.25) is 0 Å². The molecule has 5 heteroatoms. The number of fused-ring (bicyclic) bond motifs is 2. The van der Waals surface area contributed by atoms with Crippen molar-refractivity contribution in [2.75, 3.05) is 29.9 Å². The molecule has 1 fully saturated rings. The molecule has 0 bridgehead atoms. The molecule has 5 nitrogen and oxygen atoms in total. The molecule has 0 unspecified atom stereocenters. The standard InChI is InChI=1S/C24H24N4O/c25-15-17-9-10-21(29)23-22(17)24(11-13-26-14-12-24)16-28(23)20-8-4-3-7-19(20)27-18-5-1-2-6-18/h1-5,7-10,26-27,29H,6,11-14,16H2. The second kappa shape index (κ2) is 6.98. The van der Waals surface area contributed by atoms with Gasteiger partial charge in [0.15, 0.2) is 0 Å². The maximum Gasteiger partial charge on any atom is 0.139 e. The van der Waals surface area contributed by atoms with Crippen LogP contribution in [0.4, 0.5) is 17.1 Å². The average molecular weight is 384 g/mol. The predicted octanol–water partition coefficient (Wildman–Crippen LogP) is 4.29. The third kappa shape index (κ3) is 2.88. The lowest BCUT2D eigenvalue weighted by Gasteiger charge is -2.35. The predicted molar refractivity (Wildman–Crippen MR) is 116 cm³/mol. The Morgan fingerprint density at radius 2 is 1.97 bits per heavy atom. The number of aromatic hydroxyl groups is 1. The number of rotatable bonds is 3. The maximum absolute atomic E-state index is 10.9. The Morgan fingerprint density at radius 3 is 2.72 bits per heavy atom. The number of hydrogen-bond acceptors (Lipinski definition) is 5. The fourth-order valence-corrected chi connectivity index (χ4v) is 4.99. The quantitative estimate of drug-likeness (QED) is 0.736. The Morgan fingerprint density at radius 1 is 1.14 bits per heavy atom. The van der Waals surface area contributed by atoms with Crippen molar-refractivity contribution in [1.29, 1.82) is 5.26 Å². The van der Waals surface area contributed by atoms with E-state index in [9.17, 15) is 10.4 Å². The summed E-state index contributed by atoms with van der Waals surface area (Å²) in [6.07, 6.45) is 9.09. The summed E-state index contributed by atoms with van der Waals surface area (Å²) in [5.74, 6) is 0.242. The van der Waals surface area contributed by atoms with Gasteiger partial charge < -0.3 is 20.6 Å². The number of allylic oxidation sites excluding steroid dienone is 3. The molecule has 0 saturated carbocycles. The third-order valence-electron chi connectivity index (χ3n) is 6.36. The number of nitriles is 1. The first-order valence-electron chi connectivity index (χ1n) is 10.2. The highest BCUT2D eigenvalue weighted by atomic mass is 16.3. The van der Waals surface area contributed by atoms with Gasteiger partial charge in [-0.2, -0.15) is 5.26 Å². The molecule has 3 aliphatic rings. The van der Waals surface area contributed by atoms with Gasteiger partial charge in [-0.3, -0.25) is 0 Å². The Labute approximate surface area is 171 Å². The van der Waals surface area contributed by atoms with Gasteiger partial charge in [0.1, 0.15) is 5.75 Å². The number of nitrogens with one attached hydrogen (secondary N) is 2. The molecular weight excluding hydrogens is 360 g/mol. The first kappa shape index (κ1) is 17.8. The zero-order valence-corrected chi connectivity index (χ0v) is 16.3. The Kier molecular flexibility index (Phi) is 4.30. The van der Waals surface area contributed by atoms with Gasteiger partial charge >= 0.3 is 0 Å². The highest BCUT2D eigenvalue weighted by molar-refractivity contribution is 5.86. The van der Waals surface area contributed by atoms with Crippen molar-refractivity contribution in [1.82, 2.24) is 5.32 Å². The van der Waals surface area contributed by atoms with Crippen LogP contribution in [0, 0.1) is 11.3 Å². The molecule has 2 aromatic carbocycles. The van der Waals surface area contributed by atoms with Gasteiger partial charge in [-0.1, -0.05) is 24.3 Å². The van der Waals surface area contributed by atoms with Gasteiger partial charge in [0.05, 0.1) is 28.7 Å². The number of para-hydroxylation sites is 2. The molecule has 0 atom stereocenters. The van der Waals surface area contributed by atoms with E-state index < -0.39 is 0 Å². The molecule has 0 amide bonds. The molecule has 1 aliphatic carbocycles. The molecule has 5 rings (SSSR count). The topological polar surface area (TPSA) is 71.3 Å². The summed E-state index contributed by atoms with van der Waals surface area (Å²) in [4.78, 5) is 2.21. The summed E-state index contributed by atoms with van der Waals surface area (Å²) in [6, 6.07) is 14.0. The van der Waals surface area contributed by atoms with Crippen molar-refractivity contribution in [3.05, 3.63) is 71.5 Å². The number of phenols is 1. The zero-order valence-electron chi connectivity index (χ0n) is 16.3. The Bertz CT molecular complexity index is 1060. The lowest BCUT2D eigenvalue weighted by Crippen LogP contribution is -2.42. The number of nitrogens with zero attached hydrogens (tertiary/aromatic N) is 2. The van der Waals surface area contributed by atoms with Gasteiger partial charge in [0.2, 0.25) is 0 Å². The monoisotopic (exact) mass is 384 g/mol. The fraction of sp³-hybridized carbons (Fsp3) is 0.292. The first-order valence-corrected chi connectivity index (χ1v) is 10.2. The molecular formula is C24H24N4O. The van der Waals surface area contributed by atoms with Crippen molar-refractivity contribution in [2.45, 2.75) is 24.7 Å². The van der Waals surface area contributed by atoms with Crippen LogP contribution in [0.3, 0.4) is 0 Å². The summed E-state index contributed by atoms with van der Waals surface area (Å²) >= 11 is 0. The maximum atomic E-state index is 10.9. The first-order chi connectivity index (χ1) is 14.2. The molecule has 3 N–H and O–H groups in total. The SMILES string of the molecule is N#Cc1ccc(O)c2c1C1(CCNCC1)CN2c1ccccc1NC1=CC=CC1. The fourth-order valence-electron chi connectivity index (χ4n) is 4.99. The van der Waals surface area contributed by atoms with E-state index in [1.807, 2.05) is 12.1 Å². The smallest absolute Gasteiger partial charge is 0.139 e. The number of hydrogen-bond donors (Lipinski definition) is 3. The minimum atomic E-state index is -0.119. The van der Waals surface area contributed by atoms with Crippen molar-refractivity contribution in [3.8, 4) is 11.8 Å². The molecule has 1 saturated heterocycles. The minimum absolute atomic E-state index is 0.119. The highest BCUT2D eigenvalue weighted by Gasteiger charge is 2.47. The van der Waals surface area contributed by atoms with Crippen LogP contribution < -0.4 is 15.5 Å². The largest absolute Gasteiger partial charge is 0.506 e. The molecule has 1 spiro atoms. The highest BCUT2D eigenvalue weighted by Crippen LogP contribution is 2.54. The molecule has 0 radical (unpaired) electrons. The van der Waals surface area contributed by atoms with Crippen LogP contribution in [0.15, 0.2) is 60.3 Å². The van der Waals surface area contributed by atoms with E-state index in [1.54, 1.807) is 12.1 Å². The third-order valence-corrected chi connectivity index (χ3v) is 6.36. The summed E-state index contributed by atoms with van der Waals surface area (Å²) in [5.41, 5.74) is 5.56. The van der Waals surface area contributed by atoms with E-state index in [1.165, 1.54) is 0 Å². The number of piperidine rings is 1. The van der Waals surface area contributed by atoms with E-state index in [2.05, 4.69) is 52.0 Å². The van der Waals surface area contributed by atoms with E-state index in [0.717, 1.165) is 67.2 Å². The average Bonchev–Trinajstić information content (AvgIpc) is 3.37. The number of phenolic OH excluding ortho intramolecular Hbond substituents is 1. The Hall–Kier alpha value is -3.23. The summed E-state index contributed by atoms with van der Waals surface area (Å²) in [7, 11) is 0. The number of anilines is 3. The van der Waals surface area contributed by atoms with E-state index in [4.69, 9.17) is 0 Å². The van der Waals surface area contributed by atoms with Crippen molar-refractivity contribution >= 4 is 17.1 Å². The van der Waals surface area contributed by atoms with Crippen LogP contribution in [-0.2, 0) is 5.41 Å². The van der Waals surface area contributed by atoms with E-state index >= 15 is 0 Å². The second-order valence-electron chi connectivity index (χ2n) is 8.05. The van der Waals surface area contributed by atoms with Crippen LogP contribution in [0.5, 0.6) is 5.75 Å². The molecule has 2 aliphatic heterocycles. The molecule has 0 aromatic heterocycles. The second-order valence-corrected chi connectivity index (χ2v) is 8.05. The lowest BCUT2D eigenvalue weighted by molar-refractivity contribution is 0.329. The number of benzene rings is 2. The molecule has 146 valence electrons. The van der Waals surface area contributed by atoms with Crippen LogP contribution >= 0.6 is 0 Å². The molecule has 2 aromatic rings. The van der Waals surface area contributed by atoms with Crippen molar-refractivity contribution < 1.29 is 5.11 Å². The zero-order chi connectivity index (χ0) is 19.8. The summed E-state index contributed by atoms with van der Waals surface area (Å²) < 4.78 is 0. The van der Waals surface area contributed by atoms with Gasteiger partial charge in [-0.15, -0.1) is 0 Å². The molecule has 2 heterocycles. The van der Waals surface area contributed by atoms with Crippen LogP contribution in [-0.4, -0.2) is 24.7 Å². The minimum Gasteiger partial charge on any atom is -0.506 e. The summed E-state index contributed by atoms with van der Waals surface area (Å²) in [6.45, 7) is 2.62. The van der Waals surface area contributed by atoms with Crippen molar-refractivity contribution in [2.24, 2.45) is 0 Å². The van der Waals surface area contributed by atoms with E-state index in [-0.39, 0.29) is 11.2 Å². The lowest BCUT2D eigenvalue weighted by atomic mass is 9.73. The van der Waals surface area contributed by atoms with Gasteiger partial charge in [-0.25, -0.2) is 0 Å². The van der Waals surface area contributed by atoms with Gasteiger partial charge in [0.25, 0.3) is 0 Å². The van der Waals surface area contributed by atoms with Crippen LogP contribution in [0.25, 0.3) is 0 Å². The van der Waals surface area contributed by atoms with Gasteiger partial charge in [0, 0.05) is 29.6 Å². The Balaban J connectivity index is 1.64. The van der Waals surface area contributed by atoms with Crippen molar-refractivity contribution in [3.63, 3.8) is 0 Å². The normalized spacial score (nSPS) is 19.1. The van der Waals surface area contributed by atoms with Crippen LogP contribution in [0.1, 0.15) is 30.4 Å². The van der Waals surface area contributed by atoms with E-state index in [0.29, 0.717) is 5.56 Å². The molecule has 29 heavy (non-hydrogen) atoms. The van der Waals surface area contributed by atoms with Gasteiger partial charge in [-0.05, 0) is 56.3 Å².